The molecule has 1 aromatic rings. The predicted molar refractivity (Wildman–Crippen MR) is 296 cm³/mol. The van der Waals surface area contributed by atoms with Crippen LogP contribution in [-0.4, -0.2) is 110 Å². The zero-order valence-electron chi connectivity index (χ0n) is 47.6. The van der Waals surface area contributed by atoms with Crippen molar-refractivity contribution in [2.45, 2.75) is 178 Å². The average molecular weight is 1060 g/mol. The molecule has 2 aliphatic carbocycles. The summed E-state index contributed by atoms with van der Waals surface area (Å²) in [5.74, 6) is -4.99. The molecule has 1 saturated carbocycles. The van der Waals surface area contributed by atoms with Crippen LogP contribution < -0.4 is 15.5 Å². The summed E-state index contributed by atoms with van der Waals surface area (Å²) in [6.07, 6.45) is 19.7. The van der Waals surface area contributed by atoms with Crippen molar-refractivity contribution in [2.24, 2.45) is 23.7 Å². The second-order valence-electron chi connectivity index (χ2n) is 20.5. The van der Waals surface area contributed by atoms with E-state index in [-0.39, 0.29) is 104 Å². The summed E-state index contributed by atoms with van der Waals surface area (Å²) in [5, 5.41) is 5.48. The quantitative estimate of drug-likeness (QED) is 0.0161. The number of hydrogen-bond acceptors (Lipinski definition) is 13. The normalized spacial score (nSPS) is 15.7. The Morgan fingerprint density at radius 2 is 0.974 bits per heavy atom. The number of benzene rings is 1. The third-order valence-electron chi connectivity index (χ3n) is 14.4. The lowest BCUT2D eigenvalue weighted by molar-refractivity contribution is -0.508. The first-order valence-electron chi connectivity index (χ1n) is 28.4. The van der Waals surface area contributed by atoms with E-state index in [1.54, 1.807) is 12.1 Å². The summed E-state index contributed by atoms with van der Waals surface area (Å²) in [5.41, 5.74) is 1.01. The van der Waals surface area contributed by atoms with Gasteiger partial charge in [-0.2, -0.15) is 0 Å². The van der Waals surface area contributed by atoms with E-state index in [1.165, 1.54) is 47.6 Å². The van der Waals surface area contributed by atoms with Crippen molar-refractivity contribution in [1.82, 2.24) is 5.32 Å². The maximum Gasteiger partial charge on any atom is 0.372 e. The van der Waals surface area contributed by atoms with E-state index >= 15 is 0 Å². The number of carbonyl (C=O) groups is 8. The topological polar surface area (TPSA) is 204 Å². The van der Waals surface area contributed by atoms with Crippen molar-refractivity contribution >= 4 is 64.3 Å². The van der Waals surface area contributed by atoms with Crippen molar-refractivity contribution in [2.75, 3.05) is 62.8 Å². The molecule has 0 radical (unpaired) electrons. The number of ketones is 2. The van der Waals surface area contributed by atoms with Crippen molar-refractivity contribution in [3.05, 3.63) is 58.8 Å². The molecule has 2 amide bonds. The Morgan fingerprint density at radius 1 is 0.566 bits per heavy atom. The Labute approximate surface area is 453 Å². The lowest BCUT2D eigenvalue weighted by Gasteiger charge is -2.31. The van der Waals surface area contributed by atoms with E-state index in [4.69, 9.17) is 18.9 Å². The maximum absolute atomic E-state index is 14.4. The molecule has 1 aromatic carbocycles. The van der Waals surface area contributed by atoms with Gasteiger partial charge in [-0.25, -0.2) is 14.2 Å². The monoisotopic (exact) mass is 1060 g/mol. The van der Waals surface area contributed by atoms with Crippen LogP contribution in [0.4, 0.5) is 11.4 Å². The molecule has 0 aliphatic heterocycles. The van der Waals surface area contributed by atoms with Gasteiger partial charge in [0.2, 0.25) is 30.6 Å². The number of nitrogens with zero attached hydrogens (tertiary/aromatic N) is 2. The Balaban J connectivity index is 2.05. The number of hydrogen-bond donors (Lipinski definition) is 2. The largest absolute Gasteiger partial charge is 0.464 e. The predicted octanol–water partition coefficient (Wildman–Crippen LogP) is 10.1. The Kier molecular flexibility index (Phi) is 29.4. The maximum atomic E-state index is 14.4. The number of amides is 2. The molecule has 422 valence electrons. The summed E-state index contributed by atoms with van der Waals surface area (Å²) in [6.45, 7) is 18.8. The smallest absolute Gasteiger partial charge is 0.372 e. The first-order chi connectivity index (χ1) is 36.5. The fourth-order valence-corrected chi connectivity index (χ4v) is 9.25. The van der Waals surface area contributed by atoms with Crippen LogP contribution in [0, 0.1) is 23.7 Å². The average Bonchev–Trinajstić information content (AvgIpc) is 3.39. The van der Waals surface area contributed by atoms with Gasteiger partial charge in [-0.1, -0.05) is 139 Å². The molecule has 4 unspecified atom stereocenters. The van der Waals surface area contributed by atoms with Gasteiger partial charge in [-0.05, 0) is 73.1 Å². The van der Waals surface area contributed by atoms with Crippen molar-refractivity contribution < 1.29 is 61.9 Å². The SMILES string of the molecule is CCCCC(CC)COC(=O)CN(CC(=O)OCC(CC)CCCC)c1ccc(C2C(=O)C(=C3C=CC(=[N+](CC(=O)OCC(CC)CCCC)CC(=O)OCC(CC)CCCC)C=C3NC(C)=O)C2=O)c(NC(C)=O)c1. The van der Waals surface area contributed by atoms with Gasteiger partial charge in [-0.3, -0.25) is 28.8 Å². The van der Waals surface area contributed by atoms with E-state index in [0.29, 0.717) is 11.4 Å². The van der Waals surface area contributed by atoms with Crippen LogP contribution in [0.2, 0.25) is 0 Å². The van der Waals surface area contributed by atoms with E-state index in [2.05, 4.69) is 66.0 Å². The number of unbranched alkanes of at least 4 members (excludes halogenated alkanes) is 4. The third-order valence-corrected chi connectivity index (χ3v) is 14.4. The fraction of sp³-hybridized carbons (Fsp3) is 0.650. The van der Waals surface area contributed by atoms with E-state index < -0.39 is 53.2 Å². The molecule has 16 heteroatoms. The molecule has 0 aromatic heterocycles. The first kappa shape index (κ1) is 64.4. The summed E-state index contributed by atoms with van der Waals surface area (Å²) in [6, 6.07) is 4.62. The van der Waals surface area contributed by atoms with Gasteiger partial charge < -0.3 is 34.5 Å². The van der Waals surface area contributed by atoms with Crippen LogP contribution >= 0.6 is 0 Å². The second-order valence-corrected chi connectivity index (χ2v) is 20.5. The first-order valence-corrected chi connectivity index (χ1v) is 28.4. The van der Waals surface area contributed by atoms with Crippen molar-refractivity contribution in [3.8, 4) is 0 Å². The molecule has 4 atom stereocenters. The highest BCUT2D eigenvalue weighted by Gasteiger charge is 2.48. The van der Waals surface area contributed by atoms with E-state index in [9.17, 15) is 38.4 Å². The van der Waals surface area contributed by atoms with Gasteiger partial charge in [-0.15, -0.1) is 0 Å². The summed E-state index contributed by atoms with van der Waals surface area (Å²) < 4.78 is 24.4. The number of carbonyl (C=O) groups excluding carboxylic acids is 8. The number of allylic oxidation sites excluding steroid dienone is 4. The molecular weight excluding hydrogens is 969 g/mol. The Morgan fingerprint density at radius 3 is 1.36 bits per heavy atom. The third kappa shape index (κ3) is 21.2. The van der Waals surface area contributed by atoms with Crippen LogP contribution in [0.3, 0.4) is 0 Å². The van der Waals surface area contributed by atoms with Gasteiger partial charge >= 0.3 is 23.9 Å². The fourth-order valence-electron chi connectivity index (χ4n) is 9.25. The van der Waals surface area contributed by atoms with E-state index in [1.807, 2.05) is 0 Å². The molecule has 76 heavy (non-hydrogen) atoms. The van der Waals surface area contributed by atoms with Crippen LogP contribution in [0.1, 0.15) is 183 Å². The minimum Gasteiger partial charge on any atom is -0.464 e. The molecular formula is C60H91N4O12+. The number of anilines is 2. The van der Waals surface area contributed by atoms with Crippen molar-refractivity contribution in [1.29, 1.82) is 0 Å². The van der Waals surface area contributed by atoms with Gasteiger partial charge in [0.25, 0.3) is 0 Å². The number of nitrogens with one attached hydrogen (secondary N) is 2. The van der Waals surface area contributed by atoms with Gasteiger partial charge in [0, 0.05) is 42.9 Å². The van der Waals surface area contributed by atoms with Crippen LogP contribution in [0.25, 0.3) is 0 Å². The van der Waals surface area contributed by atoms with Crippen molar-refractivity contribution in [3.63, 3.8) is 0 Å². The zero-order valence-corrected chi connectivity index (χ0v) is 47.6. The van der Waals surface area contributed by atoms with Gasteiger partial charge in [0.1, 0.15) is 19.0 Å². The molecule has 2 N–H and O–H groups in total. The molecule has 2 aliphatic rings. The Bertz CT molecular complexity index is 2170. The number of ether oxygens (including phenoxy) is 4. The highest BCUT2D eigenvalue weighted by molar-refractivity contribution is 6.43. The highest BCUT2D eigenvalue weighted by atomic mass is 16.5. The lowest BCUT2D eigenvalue weighted by Crippen LogP contribution is -2.42. The highest BCUT2D eigenvalue weighted by Crippen LogP contribution is 2.42. The standard InChI is InChI=1S/C60H90N4O12/c1-11-19-23-43(15-5)37-73-53(67)33-63(34-54(68)74-38-44(16-6)24-20-12-2)47-27-29-49(51(31-47)61-41(9)65)57-59(71)58(60(57)72)50-30-28-48(32-52(50)62-42(10)66)64(35-55(69)75-39-45(17-7)25-21-13-3)36-56(70)76-40-46(18-8)26-22-14-4/h27-32,43-46,57H,11-26,33-40H2,1-10H3,(H,61,65)/p+1. The zero-order chi connectivity index (χ0) is 56.2. The Hall–Kier alpha value is -5.93. The second kappa shape index (κ2) is 34.7. The van der Waals surface area contributed by atoms with Gasteiger partial charge in [0.05, 0.1) is 37.7 Å². The van der Waals surface area contributed by atoms with Crippen LogP contribution in [0.15, 0.2) is 53.3 Å². The number of Topliss-reactive ketones (excluding diaryl/α,β-unsaturated/α-hetero) is 2. The molecule has 0 saturated heterocycles. The van der Waals surface area contributed by atoms with Crippen LogP contribution in [-0.2, 0) is 57.3 Å². The summed E-state index contributed by atoms with van der Waals surface area (Å²) >= 11 is 0. The lowest BCUT2D eigenvalue weighted by atomic mass is 9.69. The molecule has 1 fully saturated rings. The molecule has 16 nitrogen and oxygen atoms in total. The molecule has 0 heterocycles. The molecule has 0 bridgehead atoms. The van der Waals surface area contributed by atoms with E-state index in [0.717, 1.165) is 103 Å². The molecule has 3 rings (SSSR count). The summed E-state index contributed by atoms with van der Waals surface area (Å²) in [4.78, 5) is 110. The number of rotatable bonds is 36. The number of esters is 4. The minimum absolute atomic E-state index is 0.0983. The van der Waals surface area contributed by atoms with Crippen LogP contribution in [0.5, 0.6) is 0 Å². The van der Waals surface area contributed by atoms with Gasteiger partial charge in [0.15, 0.2) is 11.6 Å². The molecule has 0 spiro atoms. The minimum atomic E-state index is -1.35. The summed E-state index contributed by atoms with van der Waals surface area (Å²) in [7, 11) is 0.